The third-order valence-electron chi connectivity index (χ3n) is 1.22. The summed E-state index contributed by atoms with van der Waals surface area (Å²) in [6.45, 7) is 2.94. The summed E-state index contributed by atoms with van der Waals surface area (Å²) < 4.78 is 4.97. The first-order valence-electron chi connectivity index (χ1n) is 3.05. The van der Waals surface area contributed by atoms with Crippen LogP contribution < -0.4 is 5.73 Å². The van der Waals surface area contributed by atoms with Gasteiger partial charge in [-0.25, -0.2) is 0 Å². The summed E-state index contributed by atoms with van der Waals surface area (Å²) in [6, 6.07) is 0.351. The summed E-state index contributed by atoms with van der Waals surface area (Å²) in [7, 11) is 0.841. The lowest BCUT2D eigenvalue weighted by atomic mass is 10.2. The maximum atomic E-state index is 5.59. The summed E-state index contributed by atoms with van der Waals surface area (Å²) in [4.78, 5) is 0. The van der Waals surface area contributed by atoms with Crippen molar-refractivity contribution in [2.45, 2.75) is 25.8 Å². The van der Waals surface area contributed by atoms with Crippen molar-refractivity contribution in [1.82, 2.24) is 0 Å². The maximum absolute atomic E-state index is 5.59. The molecule has 0 aliphatic rings. The summed E-state index contributed by atoms with van der Waals surface area (Å²) in [5, 5.41) is 0. The minimum Gasteiger partial charge on any atom is -0.428 e. The molecule has 50 valence electrons. The van der Waals surface area contributed by atoms with E-state index in [0.29, 0.717) is 6.04 Å². The molecule has 0 aromatic carbocycles. The second-order valence-electron chi connectivity index (χ2n) is 1.95. The van der Waals surface area contributed by atoms with Crippen molar-refractivity contribution < 1.29 is 4.43 Å². The molecule has 2 nitrogen and oxygen atoms in total. The maximum Gasteiger partial charge on any atom is 0.145 e. The van der Waals surface area contributed by atoms with Crippen molar-refractivity contribution in [1.29, 1.82) is 0 Å². The monoisotopic (exact) mass is 133 g/mol. The first kappa shape index (κ1) is 8.14. The molecule has 0 aromatic heterocycles. The van der Waals surface area contributed by atoms with Gasteiger partial charge in [-0.15, -0.1) is 0 Å². The van der Waals surface area contributed by atoms with Crippen LogP contribution in [0.15, 0.2) is 0 Å². The molecule has 0 saturated carbocycles. The van der Waals surface area contributed by atoms with E-state index in [2.05, 4.69) is 6.92 Å². The molecular formula is C5H15NOSi. The van der Waals surface area contributed by atoms with E-state index in [0.717, 1.165) is 29.9 Å². The van der Waals surface area contributed by atoms with E-state index in [1.165, 1.54) is 0 Å². The van der Waals surface area contributed by atoms with Gasteiger partial charge in [0.15, 0.2) is 0 Å². The topological polar surface area (TPSA) is 35.2 Å². The lowest BCUT2D eigenvalue weighted by Crippen LogP contribution is -2.20. The van der Waals surface area contributed by atoms with E-state index in [1.807, 2.05) is 0 Å². The second kappa shape index (κ2) is 5.28. The molecule has 0 saturated heterocycles. The van der Waals surface area contributed by atoms with Gasteiger partial charge in [0, 0.05) is 12.6 Å². The van der Waals surface area contributed by atoms with Crippen LogP contribution in [-0.4, -0.2) is 23.1 Å². The molecule has 0 aliphatic heterocycles. The minimum atomic E-state index is 0.351. The third-order valence-corrected chi connectivity index (χ3v) is 1.63. The second-order valence-corrected chi connectivity index (χ2v) is 2.53. The molecular weight excluding hydrogens is 118 g/mol. The zero-order chi connectivity index (χ0) is 6.41. The highest BCUT2D eigenvalue weighted by molar-refractivity contribution is 5.97. The van der Waals surface area contributed by atoms with Crippen LogP contribution in [0.5, 0.6) is 0 Å². The fourth-order valence-corrected chi connectivity index (χ4v) is 0.709. The Balaban J connectivity index is 2.86. The van der Waals surface area contributed by atoms with E-state index in [1.54, 1.807) is 0 Å². The van der Waals surface area contributed by atoms with Gasteiger partial charge in [0.05, 0.1) is 0 Å². The highest BCUT2D eigenvalue weighted by atomic mass is 28.2. The highest BCUT2D eigenvalue weighted by Crippen LogP contribution is 1.91. The van der Waals surface area contributed by atoms with Crippen LogP contribution in [-0.2, 0) is 4.43 Å². The predicted molar refractivity (Wildman–Crippen MR) is 38.8 cm³/mol. The van der Waals surface area contributed by atoms with E-state index >= 15 is 0 Å². The van der Waals surface area contributed by atoms with E-state index in [4.69, 9.17) is 10.2 Å². The fraction of sp³-hybridized carbons (Fsp3) is 1.00. The van der Waals surface area contributed by atoms with Crippen molar-refractivity contribution in [3.05, 3.63) is 0 Å². The predicted octanol–water partition coefficient (Wildman–Crippen LogP) is -0.589. The van der Waals surface area contributed by atoms with Gasteiger partial charge in [0.25, 0.3) is 0 Å². The first-order chi connectivity index (χ1) is 3.81. The van der Waals surface area contributed by atoms with Crippen molar-refractivity contribution in [3.63, 3.8) is 0 Å². The van der Waals surface area contributed by atoms with Gasteiger partial charge in [0.2, 0.25) is 0 Å². The Labute approximate surface area is 53.9 Å². The Morgan fingerprint density at radius 1 is 1.75 bits per heavy atom. The molecule has 3 heteroatoms. The molecule has 0 spiro atoms. The number of hydrogen-bond donors (Lipinski definition) is 1. The lowest BCUT2D eigenvalue weighted by Gasteiger charge is -2.05. The van der Waals surface area contributed by atoms with Crippen LogP contribution in [0.4, 0.5) is 0 Å². The Bertz CT molecular complexity index is 51.7. The van der Waals surface area contributed by atoms with Crippen molar-refractivity contribution in [2.24, 2.45) is 5.73 Å². The summed E-state index contributed by atoms with van der Waals surface area (Å²) in [5.74, 6) is 0. The van der Waals surface area contributed by atoms with Gasteiger partial charge in [-0.2, -0.15) is 0 Å². The molecule has 1 unspecified atom stereocenters. The van der Waals surface area contributed by atoms with Crippen LogP contribution in [0.1, 0.15) is 19.8 Å². The van der Waals surface area contributed by atoms with Crippen molar-refractivity contribution in [2.75, 3.05) is 6.61 Å². The molecule has 0 aliphatic carbocycles. The van der Waals surface area contributed by atoms with Gasteiger partial charge in [-0.05, 0) is 12.8 Å². The van der Waals surface area contributed by atoms with Crippen LogP contribution in [0.2, 0.25) is 0 Å². The van der Waals surface area contributed by atoms with Gasteiger partial charge >= 0.3 is 0 Å². The average molecular weight is 133 g/mol. The Morgan fingerprint density at radius 3 is 2.75 bits per heavy atom. The first-order valence-corrected chi connectivity index (χ1v) is 3.87. The molecule has 2 N–H and O–H groups in total. The molecule has 8 heavy (non-hydrogen) atoms. The molecule has 0 fully saturated rings. The highest BCUT2D eigenvalue weighted by Gasteiger charge is 1.94. The molecule has 0 aromatic rings. The largest absolute Gasteiger partial charge is 0.428 e. The zero-order valence-electron chi connectivity index (χ0n) is 5.68. The van der Waals surface area contributed by atoms with Gasteiger partial charge in [-0.3, -0.25) is 0 Å². The van der Waals surface area contributed by atoms with E-state index in [9.17, 15) is 0 Å². The Hall–Kier alpha value is 0.137. The van der Waals surface area contributed by atoms with Crippen molar-refractivity contribution >= 4 is 10.5 Å². The Kier molecular flexibility index (Phi) is 5.37. The summed E-state index contributed by atoms with van der Waals surface area (Å²) in [6.07, 6.45) is 2.07. The van der Waals surface area contributed by atoms with Gasteiger partial charge in [-0.1, -0.05) is 6.92 Å². The van der Waals surface area contributed by atoms with E-state index in [-0.39, 0.29) is 0 Å². The van der Waals surface area contributed by atoms with Gasteiger partial charge < -0.3 is 10.2 Å². The fourth-order valence-electron chi connectivity index (χ4n) is 0.473. The van der Waals surface area contributed by atoms with Gasteiger partial charge in [0.1, 0.15) is 10.5 Å². The number of rotatable bonds is 4. The quantitative estimate of drug-likeness (QED) is 0.520. The smallest absolute Gasteiger partial charge is 0.145 e. The third kappa shape index (κ3) is 4.30. The average Bonchev–Trinajstić information content (AvgIpc) is 1.83. The molecule has 0 amide bonds. The van der Waals surface area contributed by atoms with Crippen LogP contribution in [0.3, 0.4) is 0 Å². The van der Waals surface area contributed by atoms with Crippen LogP contribution in [0, 0.1) is 0 Å². The molecule has 0 rings (SSSR count). The molecule has 0 radical (unpaired) electrons. The van der Waals surface area contributed by atoms with E-state index < -0.39 is 0 Å². The standard InChI is InChI=1S/C5H15NOSi/c1-2-5(6)3-4-7-8/h5H,2-4,6H2,1,8H3. The normalized spacial score (nSPS) is 14.2. The molecule has 0 heterocycles. The van der Waals surface area contributed by atoms with Crippen LogP contribution >= 0.6 is 0 Å². The molecule has 0 bridgehead atoms. The summed E-state index contributed by atoms with van der Waals surface area (Å²) >= 11 is 0. The van der Waals surface area contributed by atoms with Crippen LogP contribution in [0.25, 0.3) is 0 Å². The van der Waals surface area contributed by atoms with Crippen molar-refractivity contribution in [3.8, 4) is 0 Å². The molecule has 1 atom stereocenters. The zero-order valence-corrected chi connectivity index (χ0v) is 7.68. The summed E-state index contributed by atoms with van der Waals surface area (Å²) in [5.41, 5.74) is 5.59. The number of hydrogen-bond acceptors (Lipinski definition) is 2. The SMILES string of the molecule is CCC(N)CCO[SiH3]. The number of nitrogens with two attached hydrogens (primary N) is 1. The Morgan fingerprint density at radius 2 is 2.38 bits per heavy atom. The minimum absolute atomic E-state index is 0.351. The lowest BCUT2D eigenvalue weighted by molar-refractivity contribution is 0.322.